The molecular formula is C14H21NO3. The molecule has 0 aliphatic rings. The van der Waals surface area contributed by atoms with Crippen molar-refractivity contribution in [3.05, 3.63) is 28.3 Å². The van der Waals surface area contributed by atoms with Gasteiger partial charge in [-0.25, -0.2) is 0 Å². The van der Waals surface area contributed by atoms with Crippen LogP contribution in [0.5, 0.6) is 5.75 Å². The molecule has 0 fully saturated rings. The Hall–Kier alpha value is -1.55. The molecule has 0 spiro atoms. The van der Waals surface area contributed by atoms with Gasteiger partial charge in [0, 0.05) is 13.0 Å². The Morgan fingerprint density at radius 1 is 1.33 bits per heavy atom. The van der Waals surface area contributed by atoms with Gasteiger partial charge >= 0.3 is 0 Å². The number of benzene rings is 1. The largest absolute Gasteiger partial charge is 0.496 e. The number of aliphatic hydroxyl groups excluding tert-OH is 1. The van der Waals surface area contributed by atoms with Gasteiger partial charge in [-0.15, -0.1) is 0 Å². The van der Waals surface area contributed by atoms with Gasteiger partial charge in [-0.1, -0.05) is 6.07 Å². The van der Waals surface area contributed by atoms with Crippen molar-refractivity contribution in [1.29, 1.82) is 0 Å². The van der Waals surface area contributed by atoms with Gasteiger partial charge in [0.1, 0.15) is 5.75 Å². The molecule has 0 aliphatic carbocycles. The lowest BCUT2D eigenvalue weighted by molar-refractivity contribution is -0.121. The SMILES string of the molecule is COc1c(C)cc(CNC(=O)CCO)c(C)c1C. The fourth-order valence-corrected chi connectivity index (χ4v) is 2.02. The molecule has 4 nitrogen and oxygen atoms in total. The first kappa shape index (κ1) is 14.5. The van der Waals surface area contributed by atoms with Crippen molar-refractivity contribution in [3.8, 4) is 5.75 Å². The minimum Gasteiger partial charge on any atom is -0.496 e. The highest BCUT2D eigenvalue weighted by molar-refractivity contribution is 5.76. The summed E-state index contributed by atoms with van der Waals surface area (Å²) in [4.78, 5) is 11.3. The Bertz CT molecular complexity index is 441. The van der Waals surface area contributed by atoms with E-state index in [-0.39, 0.29) is 18.9 Å². The van der Waals surface area contributed by atoms with Crippen LogP contribution in [0.3, 0.4) is 0 Å². The van der Waals surface area contributed by atoms with Crippen LogP contribution in [-0.4, -0.2) is 24.7 Å². The van der Waals surface area contributed by atoms with Gasteiger partial charge in [0.2, 0.25) is 5.91 Å². The van der Waals surface area contributed by atoms with E-state index < -0.39 is 0 Å². The Morgan fingerprint density at radius 3 is 2.56 bits per heavy atom. The normalized spacial score (nSPS) is 10.3. The van der Waals surface area contributed by atoms with Crippen LogP contribution >= 0.6 is 0 Å². The number of amides is 1. The minimum absolute atomic E-state index is 0.120. The predicted molar refractivity (Wildman–Crippen MR) is 70.8 cm³/mol. The van der Waals surface area contributed by atoms with E-state index in [9.17, 15) is 4.79 Å². The summed E-state index contributed by atoms with van der Waals surface area (Å²) >= 11 is 0. The summed E-state index contributed by atoms with van der Waals surface area (Å²) in [7, 11) is 1.66. The number of aliphatic hydroxyl groups is 1. The monoisotopic (exact) mass is 251 g/mol. The predicted octanol–water partition coefficient (Wildman–Crippen LogP) is 1.62. The molecule has 0 radical (unpaired) electrons. The topological polar surface area (TPSA) is 58.6 Å². The van der Waals surface area contributed by atoms with Gasteiger partial charge in [-0.05, 0) is 43.0 Å². The molecule has 2 N–H and O–H groups in total. The van der Waals surface area contributed by atoms with Crippen molar-refractivity contribution in [2.24, 2.45) is 0 Å². The van der Waals surface area contributed by atoms with Gasteiger partial charge in [-0.3, -0.25) is 4.79 Å². The van der Waals surface area contributed by atoms with Crippen molar-refractivity contribution in [1.82, 2.24) is 5.32 Å². The lowest BCUT2D eigenvalue weighted by Crippen LogP contribution is -2.24. The quantitative estimate of drug-likeness (QED) is 0.836. The Labute approximate surface area is 108 Å². The summed E-state index contributed by atoms with van der Waals surface area (Å²) in [5.41, 5.74) is 4.37. The second kappa shape index (κ2) is 6.40. The number of rotatable bonds is 5. The van der Waals surface area contributed by atoms with Crippen molar-refractivity contribution in [2.45, 2.75) is 33.7 Å². The zero-order valence-electron chi connectivity index (χ0n) is 11.5. The molecule has 0 heterocycles. The molecule has 100 valence electrons. The molecule has 0 unspecified atom stereocenters. The van der Waals surface area contributed by atoms with Crippen molar-refractivity contribution in [3.63, 3.8) is 0 Å². The van der Waals surface area contributed by atoms with Crippen LogP contribution in [0.25, 0.3) is 0 Å². The molecule has 1 rings (SSSR count). The summed E-state index contributed by atoms with van der Waals surface area (Å²) < 4.78 is 5.36. The number of carbonyl (C=O) groups is 1. The van der Waals surface area contributed by atoms with Crippen LogP contribution < -0.4 is 10.1 Å². The summed E-state index contributed by atoms with van der Waals surface area (Å²) in [5.74, 6) is 0.765. The Kier molecular flexibility index (Phi) is 5.16. The molecule has 18 heavy (non-hydrogen) atoms. The van der Waals surface area contributed by atoms with E-state index in [1.54, 1.807) is 7.11 Å². The average molecular weight is 251 g/mol. The molecule has 0 aromatic heterocycles. The van der Waals surface area contributed by atoms with Crippen molar-refractivity contribution >= 4 is 5.91 Å². The van der Waals surface area contributed by atoms with Gasteiger partial charge in [0.05, 0.1) is 13.7 Å². The number of hydrogen-bond donors (Lipinski definition) is 2. The maximum absolute atomic E-state index is 11.3. The van der Waals surface area contributed by atoms with E-state index >= 15 is 0 Å². The summed E-state index contributed by atoms with van der Waals surface area (Å²) in [6.45, 7) is 6.39. The fourth-order valence-electron chi connectivity index (χ4n) is 2.02. The van der Waals surface area contributed by atoms with E-state index in [4.69, 9.17) is 9.84 Å². The molecule has 0 saturated carbocycles. The minimum atomic E-state index is -0.136. The van der Waals surface area contributed by atoms with Gasteiger partial charge < -0.3 is 15.2 Å². The fraction of sp³-hybridized carbons (Fsp3) is 0.500. The van der Waals surface area contributed by atoms with E-state index in [2.05, 4.69) is 5.32 Å². The maximum Gasteiger partial charge on any atom is 0.222 e. The molecule has 0 aliphatic heterocycles. The molecule has 0 bridgehead atoms. The lowest BCUT2D eigenvalue weighted by Gasteiger charge is -2.16. The maximum atomic E-state index is 11.3. The highest BCUT2D eigenvalue weighted by Crippen LogP contribution is 2.28. The van der Waals surface area contributed by atoms with E-state index in [0.717, 1.165) is 28.0 Å². The van der Waals surface area contributed by atoms with Gasteiger partial charge in [0.25, 0.3) is 0 Å². The standard InChI is InChI=1S/C14H21NO3/c1-9-7-12(8-15-13(17)5-6-16)10(2)11(3)14(9)18-4/h7,16H,5-6,8H2,1-4H3,(H,15,17). The summed E-state index contributed by atoms with van der Waals surface area (Å²) in [5, 5.41) is 11.5. The molecule has 1 aromatic rings. The molecule has 0 saturated heterocycles. The van der Waals surface area contributed by atoms with Crippen molar-refractivity contribution in [2.75, 3.05) is 13.7 Å². The highest BCUT2D eigenvalue weighted by Gasteiger charge is 2.11. The Morgan fingerprint density at radius 2 is 2.00 bits per heavy atom. The summed E-state index contributed by atoms with van der Waals surface area (Å²) in [6, 6.07) is 2.03. The van der Waals surface area contributed by atoms with Crippen LogP contribution in [0, 0.1) is 20.8 Å². The second-order valence-corrected chi connectivity index (χ2v) is 4.39. The first-order valence-corrected chi connectivity index (χ1v) is 6.02. The highest BCUT2D eigenvalue weighted by atomic mass is 16.5. The first-order valence-electron chi connectivity index (χ1n) is 6.02. The smallest absolute Gasteiger partial charge is 0.222 e. The third-order valence-electron chi connectivity index (χ3n) is 3.15. The van der Waals surface area contributed by atoms with Crippen LogP contribution in [0.2, 0.25) is 0 Å². The van der Waals surface area contributed by atoms with Crippen LogP contribution in [-0.2, 0) is 11.3 Å². The second-order valence-electron chi connectivity index (χ2n) is 4.39. The number of carbonyl (C=O) groups excluding carboxylic acids is 1. The van der Waals surface area contributed by atoms with E-state index in [1.807, 2.05) is 26.8 Å². The zero-order valence-corrected chi connectivity index (χ0v) is 11.5. The molecule has 0 atom stereocenters. The van der Waals surface area contributed by atoms with Crippen LogP contribution in [0.4, 0.5) is 0 Å². The summed E-state index contributed by atoms with van der Waals surface area (Å²) in [6.07, 6.45) is 0.146. The molecule has 4 heteroatoms. The first-order chi connectivity index (χ1) is 8.51. The average Bonchev–Trinajstić information content (AvgIpc) is 2.33. The Balaban J connectivity index is 2.88. The molecule has 1 amide bonds. The van der Waals surface area contributed by atoms with Crippen LogP contribution in [0.1, 0.15) is 28.7 Å². The lowest BCUT2D eigenvalue weighted by atomic mass is 9.98. The number of ether oxygens (including phenoxy) is 1. The number of hydrogen-bond acceptors (Lipinski definition) is 3. The van der Waals surface area contributed by atoms with Crippen molar-refractivity contribution < 1.29 is 14.6 Å². The number of aryl methyl sites for hydroxylation is 1. The molecule has 1 aromatic carbocycles. The van der Waals surface area contributed by atoms with Gasteiger partial charge in [-0.2, -0.15) is 0 Å². The zero-order chi connectivity index (χ0) is 13.7. The third-order valence-corrected chi connectivity index (χ3v) is 3.15. The third kappa shape index (κ3) is 3.23. The number of methoxy groups -OCH3 is 1. The van der Waals surface area contributed by atoms with E-state index in [0.29, 0.717) is 6.54 Å². The van der Waals surface area contributed by atoms with Gasteiger partial charge in [0.15, 0.2) is 0 Å². The molecular weight excluding hydrogens is 230 g/mol. The van der Waals surface area contributed by atoms with Crippen LogP contribution in [0.15, 0.2) is 6.07 Å². The number of nitrogens with one attached hydrogen (secondary N) is 1. The van der Waals surface area contributed by atoms with E-state index in [1.165, 1.54) is 0 Å².